The monoisotopic (exact) mass is 462 g/mol. The van der Waals surface area contributed by atoms with Crippen LogP contribution in [0.4, 0.5) is 5.69 Å². The van der Waals surface area contributed by atoms with Gasteiger partial charge in [0.15, 0.2) is 9.84 Å². The molecule has 1 saturated heterocycles. The van der Waals surface area contributed by atoms with Crippen molar-refractivity contribution in [3.05, 3.63) is 54.2 Å². The van der Waals surface area contributed by atoms with E-state index in [1.54, 1.807) is 29.9 Å². The van der Waals surface area contributed by atoms with Gasteiger partial charge in [-0.3, -0.25) is 14.5 Å². The van der Waals surface area contributed by atoms with E-state index in [0.717, 1.165) is 16.3 Å². The van der Waals surface area contributed by atoms with Crippen molar-refractivity contribution in [1.29, 1.82) is 0 Å². The number of hydrogen-bond acceptors (Lipinski definition) is 7. The molecule has 1 aliphatic rings. The lowest BCUT2D eigenvalue weighted by Crippen LogP contribution is -2.43. The highest BCUT2D eigenvalue weighted by molar-refractivity contribution is 7.98. The smallest absolute Gasteiger partial charge is 0.238 e. The highest BCUT2D eigenvalue weighted by atomic mass is 32.2. The molecule has 2 amide bonds. The van der Waals surface area contributed by atoms with E-state index < -0.39 is 9.84 Å². The molecule has 1 aromatic carbocycles. The van der Waals surface area contributed by atoms with Crippen molar-refractivity contribution in [3.63, 3.8) is 0 Å². The normalized spacial score (nSPS) is 17.4. The minimum atomic E-state index is -3.04. The van der Waals surface area contributed by atoms with Crippen molar-refractivity contribution in [2.75, 3.05) is 37.0 Å². The molecular formula is C21H26N4O4S2. The average molecular weight is 463 g/mol. The van der Waals surface area contributed by atoms with Crippen molar-refractivity contribution in [1.82, 2.24) is 15.2 Å². The Morgan fingerprint density at radius 2 is 1.97 bits per heavy atom. The molecule has 8 nitrogen and oxygen atoms in total. The molecule has 31 heavy (non-hydrogen) atoms. The Morgan fingerprint density at radius 3 is 2.68 bits per heavy atom. The molecule has 1 atom stereocenters. The van der Waals surface area contributed by atoms with Crippen molar-refractivity contribution in [2.45, 2.75) is 23.2 Å². The van der Waals surface area contributed by atoms with Gasteiger partial charge in [-0.15, -0.1) is 11.8 Å². The topological polar surface area (TPSA) is 108 Å². The molecule has 2 aromatic rings. The van der Waals surface area contributed by atoms with Gasteiger partial charge in [0.1, 0.15) is 0 Å². The molecule has 3 rings (SSSR count). The number of nitrogens with one attached hydrogen (secondary N) is 2. The lowest BCUT2D eigenvalue weighted by Gasteiger charge is -2.18. The third-order valence-corrected chi connectivity index (χ3v) is 7.44. The van der Waals surface area contributed by atoms with E-state index >= 15 is 0 Å². The van der Waals surface area contributed by atoms with Crippen molar-refractivity contribution in [2.24, 2.45) is 0 Å². The molecule has 1 fully saturated rings. The first-order valence-corrected chi connectivity index (χ1v) is 12.7. The fraction of sp³-hybridized carbons (Fsp3) is 0.381. The van der Waals surface area contributed by atoms with Gasteiger partial charge in [-0.05, 0) is 43.3 Å². The highest BCUT2D eigenvalue weighted by Gasteiger charge is 2.29. The maximum atomic E-state index is 12.3. The second-order valence-corrected chi connectivity index (χ2v) is 10.8. The lowest BCUT2D eigenvalue weighted by molar-refractivity contribution is -0.123. The van der Waals surface area contributed by atoms with Crippen LogP contribution in [0.1, 0.15) is 12.0 Å². The summed E-state index contributed by atoms with van der Waals surface area (Å²) >= 11 is 1.62. The average Bonchev–Trinajstić information content (AvgIpc) is 3.05. The minimum absolute atomic E-state index is 0.0160. The van der Waals surface area contributed by atoms with Gasteiger partial charge in [-0.1, -0.05) is 18.2 Å². The van der Waals surface area contributed by atoms with Gasteiger partial charge in [0.05, 0.1) is 29.6 Å². The molecule has 0 radical (unpaired) electrons. The maximum Gasteiger partial charge on any atom is 0.238 e. The third kappa shape index (κ3) is 7.97. The fourth-order valence-corrected chi connectivity index (χ4v) is 5.74. The number of amides is 2. The first kappa shape index (κ1) is 23.2. The Balaban J connectivity index is 1.42. The van der Waals surface area contributed by atoms with Crippen LogP contribution in [-0.4, -0.2) is 67.8 Å². The number of hydrogen-bond donors (Lipinski definition) is 2. The zero-order valence-electron chi connectivity index (χ0n) is 17.3. The Labute approximate surface area is 186 Å². The molecular weight excluding hydrogens is 436 g/mol. The number of nitrogens with zero attached hydrogens (tertiary/aromatic N) is 2. The lowest BCUT2D eigenvalue weighted by atomic mass is 10.2. The summed E-state index contributed by atoms with van der Waals surface area (Å²) in [5, 5.41) is 6.51. The number of likely N-dealkylation sites (N-methyl/N-ethyl adjacent to an activating group) is 1. The Hall–Kier alpha value is -2.43. The SMILES string of the molecule is CN(CC(=O)Nc1cccc(CSc2ccccn2)c1)CC(=O)NC1CCS(=O)(=O)C1. The number of pyridine rings is 1. The van der Waals surface area contributed by atoms with E-state index in [1.165, 1.54) is 0 Å². The number of carbonyl (C=O) groups excluding carboxylic acids is 2. The van der Waals surface area contributed by atoms with Crippen LogP contribution in [0.2, 0.25) is 0 Å². The van der Waals surface area contributed by atoms with Crippen LogP contribution in [0.15, 0.2) is 53.7 Å². The van der Waals surface area contributed by atoms with Crippen LogP contribution in [-0.2, 0) is 25.2 Å². The molecule has 0 saturated carbocycles. The van der Waals surface area contributed by atoms with E-state index in [9.17, 15) is 18.0 Å². The van der Waals surface area contributed by atoms with Crippen LogP contribution < -0.4 is 10.6 Å². The van der Waals surface area contributed by atoms with Crippen LogP contribution >= 0.6 is 11.8 Å². The first-order chi connectivity index (χ1) is 14.8. The molecule has 10 heteroatoms. The summed E-state index contributed by atoms with van der Waals surface area (Å²) in [4.78, 5) is 30.3. The zero-order valence-corrected chi connectivity index (χ0v) is 18.9. The van der Waals surface area contributed by atoms with E-state index in [4.69, 9.17) is 0 Å². The number of anilines is 1. The summed E-state index contributed by atoms with van der Waals surface area (Å²) in [5.74, 6) is 0.310. The van der Waals surface area contributed by atoms with Gasteiger partial charge in [0.25, 0.3) is 0 Å². The van der Waals surface area contributed by atoms with Crippen molar-refractivity contribution < 1.29 is 18.0 Å². The predicted molar refractivity (Wildman–Crippen MR) is 122 cm³/mol. The number of rotatable bonds is 9. The molecule has 0 aliphatic carbocycles. The van der Waals surface area contributed by atoms with E-state index in [-0.39, 0.29) is 42.5 Å². The van der Waals surface area contributed by atoms with Gasteiger partial charge >= 0.3 is 0 Å². The minimum Gasteiger partial charge on any atom is -0.351 e. The number of thioether (sulfide) groups is 1. The molecule has 1 aromatic heterocycles. The number of sulfone groups is 1. The predicted octanol–water partition coefficient (Wildman–Crippen LogP) is 1.55. The van der Waals surface area contributed by atoms with E-state index in [2.05, 4.69) is 15.6 Å². The molecule has 2 heterocycles. The highest BCUT2D eigenvalue weighted by Crippen LogP contribution is 2.22. The molecule has 1 unspecified atom stereocenters. The Kier molecular flexibility index (Phi) is 8.05. The van der Waals surface area contributed by atoms with Gasteiger partial charge in [-0.2, -0.15) is 0 Å². The zero-order chi connectivity index (χ0) is 22.3. The first-order valence-electron chi connectivity index (χ1n) is 9.90. The van der Waals surface area contributed by atoms with Crippen LogP contribution in [0, 0.1) is 0 Å². The summed E-state index contributed by atoms with van der Waals surface area (Å²) in [6.45, 7) is 0.0635. The molecule has 2 N–H and O–H groups in total. The summed E-state index contributed by atoms with van der Waals surface area (Å²) < 4.78 is 23.0. The molecule has 1 aliphatic heterocycles. The summed E-state index contributed by atoms with van der Waals surface area (Å²) in [6.07, 6.45) is 2.19. The molecule has 0 bridgehead atoms. The van der Waals surface area contributed by atoms with Crippen LogP contribution in [0.3, 0.4) is 0 Å². The summed E-state index contributed by atoms with van der Waals surface area (Å²) in [5.41, 5.74) is 1.76. The quantitative estimate of drug-likeness (QED) is 0.544. The van der Waals surface area contributed by atoms with Gasteiger partial charge in [0.2, 0.25) is 11.8 Å². The number of benzene rings is 1. The second kappa shape index (κ2) is 10.7. The van der Waals surface area contributed by atoms with E-state index in [0.29, 0.717) is 12.1 Å². The fourth-order valence-electron chi connectivity index (χ4n) is 3.26. The van der Waals surface area contributed by atoms with Gasteiger partial charge in [-0.25, -0.2) is 13.4 Å². The van der Waals surface area contributed by atoms with Gasteiger partial charge in [0, 0.05) is 23.7 Å². The van der Waals surface area contributed by atoms with Crippen LogP contribution in [0.5, 0.6) is 0 Å². The summed E-state index contributed by atoms with van der Waals surface area (Å²) in [6, 6.07) is 13.0. The van der Waals surface area contributed by atoms with Gasteiger partial charge < -0.3 is 10.6 Å². The molecule has 0 spiro atoms. The third-order valence-electron chi connectivity index (χ3n) is 4.66. The van der Waals surface area contributed by atoms with E-state index in [1.807, 2.05) is 42.5 Å². The number of carbonyl (C=O) groups is 2. The summed E-state index contributed by atoms with van der Waals surface area (Å²) in [7, 11) is -1.37. The van der Waals surface area contributed by atoms with Crippen molar-refractivity contribution >= 4 is 39.1 Å². The number of aromatic nitrogens is 1. The molecule has 166 valence electrons. The second-order valence-electron chi connectivity index (χ2n) is 7.54. The Morgan fingerprint density at radius 1 is 1.16 bits per heavy atom. The largest absolute Gasteiger partial charge is 0.351 e. The Bertz CT molecular complexity index is 1020. The maximum absolute atomic E-state index is 12.3. The standard InChI is InChI=1S/C21H26N4O4S2/c1-25(13-20(27)24-18-8-10-31(28,29)15-18)12-19(26)23-17-6-4-5-16(11-17)14-30-21-7-2-3-9-22-21/h2-7,9,11,18H,8,10,12-15H2,1H3,(H,23,26)(H,24,27). The van der Waals surface area contributed by atoms with Crippen LogP contribution in [0.25, 0.3) is 0 Å². The van der Waals surface area contributed by atoms with Crippen molar-refractivity contribution in [3.8, 4) is 0 Å².